The van der Waals surface area contributed by atoms with Crippen molar-refractivity contribution >= 4 is 17.8 Å². The van der Waals surface area contributed by atoms with Gasteiger partial charge in [-0.15, -0.1) is 10.2 Å². The first-order chi connectivity index (χ1) is 6.27. The third-order valence-corrected chi connectivity index (χ3v) is 1.65. The average Bonchev–Trinajstić information content (AvgIpc) is 2.72. The molecule has 2 aromatic rings. The van der Waals surface area contributed by atoms with Gasteiger partial charge in [-0.25, -0.2) is 0 Å². The fourth-order valence-corrected chi connectivity index (χ4v) is 0.982. The molecule has 0 spiro atoms. The lowest BCUT2D eigenvalue weighted by Crippen LogP contribution is -2.10. The van der Waals surface area contributed by atoms with Gasteiger partial charge in [0.1, 0.15) is 0 Å². The number of rotatable bonds is 2. The first-order valence-electron chi connectivity index (χ1n) is 3.73. The Hall–Kier alpha value is -1.98. The van der Waals surface area contributed by atoms with E-state index in [2.05, 4.69) is 15.2 Å². The van der Waals surface area contributed by atoms with Gasteiger partial charge >= 0.3 is 0 Å². The summed E-state index contributed by atoms with van der Waals surface area (Å²) in [4.78, 5) is 4.50. The largest absolute Gasteiger partial charge is 0.448 e. The van der Waals surface area contributed by atoms with Crippen molar-refractivity contribution in [3.05, 3.63) is 18.4 Å². The van der Waals surface area contributed by atoms with E-state index in [0.29, 0.717) is 11.8 Å². The summed E-state index contributed by atoms with van der Waals surface area (Å²) in [6, 6.07) is 3.62. The molecule has 0 aliphatic heterocycles. The summed E-state index contributed by atoms with van der Waals surface area (Å²) in [5.74, 6) is 1.51. The minimum absolute atomic E-state index is 0.286. The number of aromatic amines is 1. The van der Waals surface area contributed by atoms with Gasteiger partial charge in [0.05, 0.1) is 6.26 Å². The summed E-state index contributed by atoms with van der Waals surface area (Å²) in [6.07, 6.45) is 1.59. The molecule has 0 amide bonds. The van der Waals surface area contributed by atoms with Crippen LogP contribution in [0.4, 0.5) is 17.8 Å². The summed E-state index contributed by atoms with van der Waals surface area (Å²) < 4.78 is 5.16. The normalized spacial score (nSPS) is 10.2. The third-order valence-electron chi connectivity index (χ3n) is 1.65. The van der Waals surface area contributed by atoms with E-state index in [-0.39, 0.29) is 5.95 Å². The molecule has 2 heterocycles. The Bertz CT molecular complexity index is 379. The number of hydrogen-bond acceptors (Lipinski definition) is 5. The summed E-state index contributed by atoms with van der Waals surface area (Å²) in [5, 5.41) is 7.44. The van der Waals surface area contributed by atoms with Crippen molar-refractivity contribution in [2.75, 3.05) is 17.7 Å². The van der Waals surface area contributed by atoms with Gasteiger partial charge in [-0.2, -0.15) is 0 Å². The molecule has 68 valence electrons. The van der Waals surface area contributed by atoms with E-state index in [4.69, 9.17) is 10.2 Å². The first-order valence-corrected chi connectivity index (χ1v) is 3.73. The maximum absolute atomic E-state index is 5.38. The van der Waals surface area contributed by atoms with Crippen LogP contribution in [0.25, 0.3) is 0 Å². The Morgan fingerprint density at radius 3 is 2.92 bits per heavy atom. The molecule has 0 radical (unpaired) electrons. The molecule has 0 saturated carbocycles. The Balaban J connectivity index is 2.28. The number of nitrogens with zero attached hydrogens (tertiary/aromatic N) is 3. The van der Waals surface area contributed by atoms with Crippen molar-refractivity contribution in [3.63, 3.8) is 0 Å². The molecule has 6 heteroatoms. The van der Waals surface area contributed by atoms with Gasteiger partial charge < -0.3 is 10.2 Å². The molecule has 0 bridgehead atoms. The van der Waals surface area contributed by atoms with Gasteiger partial charge in [-0.1, -0.05) is 0 Å². The second-order valence-electron chi connectivity index (χ2n) is 2.54. The van der Waals surface area contributed by atoms with E-state index in [0.717, 1.165) is 0 Å². The summed E-state index contributed by atoms with van der Waals surface area (Å²) >= 11 is 0. The van der Waals surface area contributed by atoms with Crippen LogP contribution in [0.1, 0.15) is 0 Å². The maximum atomic E-state index is 5.38. The summed E-state index contributed by atoms with van der Waals surface area (Å²) in [6.45, 7) is 0. The number of anilines is 3. The lowest BCUT2D eigenvalue weighted by molar-refractivity contribution is 0.568. The van der Waals surface area contributed by atoms with Crippen LogP contribution in [0, 0.1) is 0 Å². The number of nitrogens with two attached hydrogens (primary N) is 1. The fraction of sp³-hybridized carbons (Fsp3) is 0.143. The molecule has 0 aromatic carbocycles. The molecule has 0 saturated heterocycles. The Morgan fingerprint density at radius 1 is 1.54 bits per heavy atom. The van der Waals surface area contributed by atoms with Crippen LogP contribution in [0.15, 0.2) is 22.8 Å². The van der Waals surface area contributed by atoms with Crippen molar-refractivity contribution in [2.45, 2.75) is 0 Å². The quantitative estimate of drug-likeness (QED) is 0.710. The number of H-pyrrole nitrogens is 1. The Labute approximate surface area is 74.4 Å². The van der Waals surface area contributed by atoms with Crippen LogP contribution in [0.3, 0.4) is 0 Å². The lowest BCUT2D eigenvalue weighted by Gasteiger charge is -2.10. The SMILES string of the molecule is CN(c1nnc(N)[nH]1)c1ccco1. The lowest BCUT2D eigenvalue weighted by atomic mass is 10.6. The first kappa shape index (κ1) is 7.66. The topological polar surface area (TPSA) is 84.0 Å². The molecule has 0 unspecified atom stereocenters. The number of aromatic nitrogens is 3. The zero-order valence-electron chi connectivity index (χ0n) is 7.06. The van der Waals surface area contributed by atoms with E-state index in [9.17, 15) is 0 Å². The second-order valence-corrected chi connectivity index (χ2v) is 2.54. The van der Waals surface area contributed by atoms with Gasteiger partial charge in [-0.05, 0) is 6.07 Å². The average molecular weight is 179 g/mol. The van der Waals surface area contributed by atoms with Crippen molar-refractivity contribution < 1.29 is 4.42 Å². The molecule has 13 heavy (non-hydrogen) atoms. The summed E-state index contributed by atoms with van der Waals surface area (Å²) in [7, 11) is 1.80. The van der Waals surface area contributed by atoms with E-state index in [1.54, 1.807) is 24.3 Å². The zero-order valence-corrected chi connectivity index (χ0v) is 7.06. The van der Waals surface area contributed by atoms with Crippen molar-refractivity contribution in [1.29, 1.82) is 0 Å². The van der Waals surface area contributed by atoms with E-state index in [1.807, 2.05) is 6.07 Å². The molecule has 2 rings (SSSR count). The molecule has 2 aromatic heterocycles. The van der Waals surface area contributed by atoms with E-state index < -0.39 is 0 Å². The van der Waals surface area contributed by atoms with Gasteiger partial charge in [0.15, 0.2) is 0 Å². The van der Waals surface area contributed by atoms with Crippen molar-refractivity contribution in [1.82, 2.24) is 15.2 Å². The highest BCUT2D eigenvalue weighted by Crippen LogP contribution is 2.19. The highest BCUT2D eigenvalue weighted by Gasteiger charge is 2.09. The van der Waals surface area contributed by atoms with Crippen LogP contribution >= 0.6 is 0 Å². The zero-order chi connectivity index (χ0) is 9.26. The van der Waals surface area contributed by atoms with Gasteiger partial charge in [0, 0.05) is 13.1 Å². The number of hydrogen-bond donors (Lipinski definition) is 2. The van der Waals surface area contributed by atoms with E-state index >= 15 is 0 Å². The van der Waals surface area contributed by atoms with E-state index in [1.165, 1.54) is 0 Å². The van der Waals surface area contributed by atoms with Crippen LogP contribution in [-0.4, -0.2) is 22.2 Å². The maximum Gasteiger partial charge on any atom is 0.232 e. The Morgan fingerprint density at radius 2 is 2.38 bits per heavy atom. The number of nitrogen functional groups attached to an aromatic ring is 1. The van der Waals surface area contributed by atoms with Crippen molar-refractivity contribution in [3.8, 4) is 0 Å². The van der Waals surface area contributed by atoms with Gasteiger partial charge in [-0.3, -0.25) is 9.88 Å². The van der Waals surface area contributed by atoms with Crippen LogP contribution in [-0.2, 0) is 0 Å². The van der Waals surface area contributed by atoms with Gasteiger partial charge in [0.25, 0.3) is 0 Å². The molecular weight excluding hydrogens is 170 g/mol. The molecule has 3 N–H and O–H groups in total. The van der Waals surface area contributed by atoms with Crippen molar-refractivity contribution in [2.24, 2.45) is 0 Å². The third kappa shape index (κ3) is 1.33. The monoisotopic (exact) mass is 179 g/mol. The fourth-order valence-electron chi connectivity index (χ4n) is 0.982. The minimum Gasteiger partial charge on any atom is -0.448 e. The minimum atomic E-state index is 0.286. The highest BCUT2D eigenvalue weighted by molar-refractivity contribution is 5.49. The van der Waals surface area contributed by atoms with Crippen LogP contribution in [0.2, 0.25) is 0 Å². The molecule has 0 aliphatic carbocycles. The standard InChI is InChI=1S/C7H9N5O/c1-12(5-3-2-4-13-5)7-9-6(8)10-11-7/h2-4H,1H3,(H3,8,9,10,11). The molecule has 0 atom stereocenters. The molecular formula is C7H9N5O. The highest BCUT2D eigenvalue weighted by atomic mass is 16.3. The Kier molecular flexibility index (Phi) is 1.66. The van der Waals surface area contributed by atoms with Crippen LogP contribution < -0.4 is 10.6 Å². The smallest absolute Gasteiger partial charge is 0.232 e. The van der Waals surface area contributed by atoms with Gasteiger partial charge in [0.2, 0.25) is 17.8 Å². The molecule has 0 fully saturated rings. The van der Waals surface area contributed by atoms with Crippen LogP contribution in [0.5, 0.6) is 0 Å². The molecule has 0 aliphatic rings. The number of furan rings is 1. The molecule has 6 nitrogen and oxygen atoms in total. The predicted molar refractivity (Wildman–Crippen MR) is 47.6 cm³/mol. The number of nitrogens with one attached hydrogen (secondary N) is 1. The summed E-state index contributed by atoms with van der Waals surface area (Å²) in [5.41, 5.74) is 5.38. The predicted octanol–water partition coefficient (Wildman–Crippen LogP) is 0.748. The second kappa shape index (κ2) is 2.81.